The lowest BCUT2D eigenvalue weighted by Gasteiger charge is -2.35. The molecule has 156 valence electrons. The molecule has 0 aliphatic carbocycles. The SMILES string of the molecule is COc1cc(CN2CCNC(=O)[C@@H]2CC(=O)NCC(C)(C)CO)cc(OC)c1. The number of rotatable bonds is 9. The third kappa shape index (κ3) is 6.10. The van der Waals surface area contributed by atoms with E-state index >= 15 is 0 Å². The van der Waals surface area contributed by atoms with E-state index in [1.165, 1.54) is 0 Å². The Morgan fingerprint density at radius 2 is 1.93 bits per heavy atom. The van der Waals surface area contributed by atoms with Gasteiger partial charge in [0, 0.05) is 44.3 Å². The van der Waals surface area contributed by atoms with E-state index in [2.05, 4.69) is 10.6 Å². The average molecular weight is 393 g/mol. The minimum Gasteiger partial charge on any atom is -0.497 e. The molecular weight excluding hydrogens is 362 g/mol. The summed E-state index contributed by atoms with van der Waals surface area (Å²) in [5, 5.41) is 15.0. The summed E-state index contributed by atoms with van der Waals surface area (Å²) in [7, 11) is 3.18. The van der Waals surface area contributed by atoms with E-state index in [1.807, 2.05) is 30.9 Å². The molecule has 8 heteroatoms. The van der Waals surface area contributed by atoms with Gasteiger partial charge in [-0.1, -0.05) is 13.8 Å². The first-order chi connectivity index (χ1) is 13.3. The summed E-state index contributed by atoms with van der Waals surface area (Å²) in [6.45, 7) is 5.74. The molecule has 1 aromatic carbocycles. The zero-order valence-electron chi connectivity index (χ0n) is 17.1. The molecule has 3 N–H and O–H groups in total. The maximum atomic E-state index is 12.4. The molecule has 2 amide bonds. The molecule has 0 saturated carbocycles. The number of hydrogen-bond donors (Lipinski definition) is 3. The van der Waals surface area contributed by atoms with Crippen LogP contribution in [0.4, 0.5) is 0 Å². The van der Waals surface area contributed by atoms with Crippen LogP contribution in [0.5, 0.6) is 11.5 Å². The Kier molecular flexibility index (Phi) is 7.65. The number of methoxy groups -OCH3 is 2. The standard InChI is InChI=1S/C20H31N3O5/c1-20(2,13-24)12-22-18(25)10-17-19(26)21-5-6-23(17)11-14-7-15(27-3)9-16(8-14)28-4/h7-9,17,24H,5-6,10-13H2,1-4H3,(H,21,26)(H,22,25)/t17-/m0/s1. The fraction of sp³-hybridized carbons (Fsp3) is 0.600. The Bertz CT molecular complexity index is 670. The van der Waals surface area contributed by atoms with Crippen molar-refractivity contribution < 1.29 is 24.2 Å². The van der Waals surface area contributed by atoms with Gasteiger partial charge in [0.05, 0.1) is 26.7 Å². The van der Waals surface area contributed by atoms with Crippen LogP contribution in [-0.2, 0) is 16.1 Å². The second kappa shape index (κ2) is 9.75. The summed E-state index contributed by atoms with van der Waals surface area (Å²) >= 11 is 0. The molecule has 1 atom stereocenters. The third-order valence-electron chi connectivity index (χ3n) is 4.81. The smallest absolute Gasteiger partial charge is 0.237 e. The van der Waals surface area contributed by atoms with E-state index in [-0.39, 0.29) is 24.8 Å². The molecule has 1 heterocycles. The van der Waals surface area contributed by atoms with Crippen molar-refractivity contribution in [2.24, 2.45) is 5.41 Å². The summed E-state index contributed by atoms with van der Waals surface area (Å²) in [4.78, 5) is 26.8. The zero-order chi connectivity index (χ0) is 20.7. The maximum absolute atomic E-state index is 12.4. The highest BCUT2D eigenvalue weighted by Crippen LogP contribution is 2.24. The van der Waals surface area contributed by atoms with Gasteiger partial charge in [0.25, 0.3) is 0 Å². The predicted octanol–water partition coefficient (Wildman–Crippen LogP) is 0.529. The predicted molar refractivity (Wildman–Crippen MR) is 105 cm³/mol. The molecule has 8 nitrogen and oxygen atoms in total. The molecule has 2 rings (SSSR count). The van der Waals surface area contributed by atoms with Crippen LogP contribution in [-0.4, -0.2) is 68.3 Å². The molecule has 28 heavy (non-hydrogen) atoms. The van der Waals surface area contributed by atoms with Crippen LogP contribution in [0.1, 0.15) is 25.8 Å². The Balaban J connectivity index is 2.07. The second-order valence-electron chi connectivity index (χ2n) is 7.80. The first kappa shape index (κ1) is 22.0. The number of piperazine rings is 1. The molecule has 1 aliphatic rings. The van der Waals surface area contributed by atoms with Crippen LogP contribution in [0.25, 0.3) is 0 Å². The van der Waals surface area contributed by atoms with Gasteiger partial charge in [0.15, 0.2) is 0 Å². The van der Waals surface area contributed by atoms with Crippen molar-refractivity contribution in [2.45, 2.75) is 32.9 Å². The van der Waals surface area contributed by atoms with Crippen molar-refractivity contribution in [1.82, 2.24) is 15.5 Å². The number of carbonyl (C=O) groups is 2. The lowest BCUT2D eigenvalue weighted by molar-refractivity contribution is -0.134. The van der Waals surface area contributed by atoms with Gasteiger partial charge in [-0.15, -0.1) is 0 Å². The minimum atomic E-state index is -0.553. The Hall–Kier alpha value is -2.32. The molecule has 0 spiro atoms. The third-order valence-corrected chi connectivity index (χ3v) is 4.81. The van der Waals surface area contributed by atoms with Crippen LogP contribution in [0.15, 0.2) is 18.2 Å². The second-order valence-corrected chi connectivity index (χ2v) is 7.80. The van der Waals surface area contributed by atoms with E-state index in [1.54, 1.807) is 20.3 Å². The Morgan fingerprint density at radius 1 is 1.29 bits per heavy atom. The van der Waals surface area contributed by atoms with Gasteiger partial charge in [-0.2, -0.15) is 0 Å². The molecular formula is C20H31N3O5. The fourth-order valence-corrected chi connectivity index (χ4v) is 3.01. The van der Waals surface area contributed by atoms with Crippen molar-refractivity contribution in [2.75, 3.05) is 40.5 Å². The average Bonchev–Trinajstić information content (AvgIpc) is 2.68. The van der Waals surface area contributed by atoms with Gasteiger partial charge in [0.1, 0.15) is 11.5 Å². The Labute approximate surface area is 166 Å². The highest BCUT2D eigenvalue weighted by atomic mass is 16.5. The van der Waals surface area contributed by atoms with Crippen molar-refractivity contribution in [3.63, 3.8) is 0 Å². The number of hydrogen-bond acceptors (Lipinski definition) is 6. The van der Waals surface area contributed by atoms with Crippen LogP contribution in [0.3, 0.4) is 0 Å². The van der Waals surface area contributed by atoms with Crippen molar-refractivity contribution in [1.29, 1.82) is 0 Å². The molecule has 0 bridgehead atoms. The van der Waals surface area contributed by atoms with Gasteiger partial charge in [0.2, 0.25) is 11.8 Å². The largest absolute Gasteiger partial charge is 0.497 e. The molecule has 1 aromatic rings. The summed E-state index contributed by atoms with van der Waals surface area (Å²) in [5.41, 5.74) is 0.541. The van der Waals surface area contributed by atoms with Gasteiger partial charge < -0.3 is 25.2 Å². The number of aliphatic hydroxyl groups is 1. The highest BCUT2D eigenvalue weighted by Gasteiger charge is 2.32. The van der Waals surface area contributed by atoms with Crippen molar-refractivity contribution in [3.8, 4) is 11.5 Å². The minimum absolute atomic E-state index is 0.0268. The molecule has 0 radical (unpaired) electrons. The van der Waals surface area contributed by atoms with Gasteiger partial charge in [-0.3, -0.25) is 14.5 Å². The van der Waals surface area contributed by atoms with Crippen LogP contribution in [0.2, 0.25) is 0 Å². The lowest BCUT2D eigenvalue weighted by Crippen LogP contribution is -2.56. The zero-order valence-corrected chi connectivity index (χ0v) is 17.1. The van der Waals surface area contributed by atoms with Crippen LogP contribution < -0.4 is 20.1 Å². The summed E-state index contributed by atoms with van der Waals surface area (Å²) in [5.74, 6) is 0.988. The molecule has 1 fully saturated rings. The lowest BCUT2D eigenvalue weighted by atomic mass is 9.95. The monoisotopic (exact) mass is 393 g/mol. The van der Waals surface area contributed by atoms with Crippen LogP contribution >= 0.6 is 0 Å². The Morgan fingerprint density at radius 3 is 2.50 bits per heavy atom. The molecule has 0 aromatic heterocycles. The van der Waals surface area contributed by atoms with Gasteiger partial charge in [-0.25, -0.2) is 0 Å². The number of nitrogens with one attached hydrogen (secondary N) is 2. The summed E-state index contributed by atoms with van der Waals surface area (Å²) in [6.07, 6.45) is 0.0639. The van der Waals surface area contributed by atoms with E-state index in [4.69, 9.17) is 9.47 Å². The maximum Gasteiger partial charge on any atom is 0.237 e. The first-order valence-corrected chi connectivity index (χ1v) is 9.39. The number of carbonyl (C=O) groups excluding carboxylic acids is 2. The van der Waals surface area contributed by atoms with E-state index in [0.29, 0.717) is 37.7 Å². The van der Waals surface area contributed by atoms with E-state index < -0.39 is 11.5 Å². The number of benzene rings is 1. The quantitative estimate of drug-likeness (QED) is 0.566. The van der Waals surface area contributed by atoms with Gasteiger partial charge >= 0.3 is 0 Å². The summed E-state index contributed by atoms with van der Waals surface area (Å²) < 4.78 is 10.6. The topological polar surface area (TPSA) is 100 Å². The normalized spacial score (nSPS) is 17.8. The number of ether oxygens (including phenoxy) is 2. The molecule has 1 aliphatic heterocycles. The number of amides is 2. The van der Waals surface area contributed by atoms with Crippen LogP contribution in [0, 0.1) is 5.41 Å². The summed E-state index contributed by atoms with van der Waals surface area (Å²) in [6, 6.07) is 5.04. The van der Waals surface area contributed by atoms with Gasteiger partial charge in [-0.05, 0) is 17.7 Å². The molecule has 0 unspecified atom stereocenters. The van der Waals surface area contributed by atoms with Crippen molar-refractivity contribution in [3.05, 3.63) is 23.8 Å². The highest BCUT2D eigenvalue weighted by molar-refractivity contribution is 5.88. The van der Waals surface area contributed by atoms with E-state index in [0.717, 1.165) is 5.56 Å². The fourth-order valence-electron chi connectivity index (χ4n) is 3.01. The van der Waals surface area contributed by atoms with E-state index in [9.17, 15) is 14.7 Å². The number of nitrogens with zero attached hydrogens (tertiary/aromatic N) is 1. The number of aliphatic hydroxyl groups excluding tert-OH is 1. The molecule has 1 saturated heterocycles. The van der Waals surface area contributed by atoms with Crippen molar-refractivity contribution >= 4 is 11.8 Å². The first-order valence-electron chi connectivity index (χ1n) is 9.39.